The second-order valence-electron chi connectivity index (χ2n) is 3.40. The van der Waals surface area contributed by atoms with Crippen LogP contribution in [-0.2, 0) is 4.79 Å². The molecule has 0 aliphatic heterocycles. The number of nitrogens with one attached hydrogen (secondary N) is 2. The third-order valence-corrected chi connectivity index (χ3v) is 2.74. The molecule has 0 saturated carbocycles. The lowest BCUT2D eigenvalue weighted by atomic mass is 10.2. The van der Waals surface area contributed by atoms with Crippen LogP contribution in [0.4, 0.5) is 5.69 Å². The van der Waals surface area contributed by atoms with Gasteiger partial charge in [-0.3, -0.25) is 4.79 Å². The van der Waals surface area contributed by atoms with Crippen LogP contribution in [-0.4, -0.2) is 19.0 Å². The largest absolute Gasteiger partial charge is 0.381 e. The summed E-state index contributed by atoms with van der Waals surface area (Å²) in [5.74, 6) is 0.0436. The maximum Gasteiger partial charge on any atom is 0.221 e. The Morgan fingerprint density at radius 1 is 1.47 bits per heavy atom. The van der Waals surface area contributed by atoms with Crippen LogP contribution in [0.25, 0.3) is 0 Å². The van der Waals surface area contributed by atoms with Crippen molar-refractivity contribution in [3.05, 3.63) is 28.7 Å². The highest BCUT2D eigenvalue weighted by Gasteiger charge is 2.08. The Labute approximate surface area is 98.4 Å². The first-order valence-corrected chi connectivity index (χ1v) is 5.64. The van der Waals surface area contributed by atoms with E-state index in [0.29, 0.717) is 6.42 Å². The van der Waals surface area contributed by atoms with Gasteiger partial charge in [0.1, 0.15) is 0 Å². The lowest BCUT2D eigenvalue weighted by Gasteiger charge is -2.15. The minimum atomic E-state index is 0.0436. The van der Waals surface area contributed by atoms with Crippen molar-refractivity contribution in [1.82, 2.24) is 5.32 Å². The van der Waals surface area contributed by atoms with E-state index < -0.39 is 0 Å². The van der Waals surface area contributed by atoms with E-state index in [2.05, 4.69) is 26.6 Å². The van der Waals surface area contributed by atoms with Crippen LogP contribution >= 0.6 is 15.9 Å². The van der Waals surface area contributed by atoms with E-state index in [0.717, 1.165) is 10.2 Å². The zero-order valence-corrected chi connectivity index (χ0v) is 10.5. The molecule has 1 atom stereocenters. The quantitative estimate of drug-likeness (QED) is 0.882. The molecule has 82 valence electrons. The van der Waals surface area contributed by atoms with Crippen LogP contribution < -0.4 is 10.6 Å². The summed E-state index contributed by atoms with van der Waals surface area (Å²) in [5, 5.41) is 5.87. The van der Waals surface area contributed by atoms with Crippen LogP contribution in [0.2, 0.25) is 0 Å². The summed E-state index contributed by atoms with van der Waals surface area (Å²) in [5.41, 5.74) is 1.01. The molecule has 0 radical (unpaired) electrons. The van der Waals surface area contributed by atoms with E-state index in [1.54, 1.807) is 7.05 Å². The number of para-hydroxylation sites is 1. The van der Waals surface area contributed by atoms with Gasteiger partial charge in [-0.05, 0) is 35.0 Å². The van der Waals surface area contributed by atoms with Gasteiger partial charge < -0.3 is 10.6 Å². The predicted octanol–water partition coefficient (Wildman–Crippen LogP) is 2.39. The van der Waals surface area contributed by atoms with Crippen molar-refractivity contribution >= 4 is 27.5 Å². The van der Waals surface area contributed by atoms with Crippen molar-refractivity contribution in [3.8, 4) is 0 Å². The number of halogens is 1. The first kappa shape index (κ1) is 12.0. The molecule has 2 N–H and O–H groups in total. The molecule has 0 fully saturated rings. The Kier molecular flexibility index (Phi) is 4.62. The van der Waals surface area contributed by atoms with Crippen LogP contribution in [0.1, 0.15) is 13.3 Å². The number of anilines is 1. The highest BCUT2D eigenvalue weighted by molar-refractivity contribution is 9.10. The normalized spacial score (nSPS) is 11.9. The van der Waals surface area contributed by atoms with Gasteiger partial charge >= 0.3 is 0 Å². The monoisotopic (exact) mass is 270 g/mol. The molecule has 0 aromatic heterocycles. The average molecular weight is 271 g/mol. The van der Waals surface area contributed by atoms with Crippen molar-refractivity contribution in [3.63, 3.8) is 0 Å². The fraction of sp³-hybridized carbons (Fsp3) is 0.364. The molecule has 0 heterocycles. The Morgan fingerprint density at radius 3 is 2.73 bits per heavy atom. The Bertz CT molecular complexity index is 341. The summed E-state index contributed by atoms with van der Waals surface area (Å²) in [7, 11) is 1.65. The van der Waals surface area contributed by atoms with Gasteiger partial charge in [0.15, 0.2) is 0 Å². The number of hydrogen-bond donors (Lipinski definition) is 2. The standard InChI is InChI=1S/C11H15BrN2O/c1-8(7-11(15)13-2)14-10-6-4-3-5-9(10)12/h3-6,8,14H,7H2,1-2H3,(H,13,15). The molecule has 1 unspecified atom stereocenters. The van der Waals surface area contributed by atoms with Gasteiger partial charge in [-0.25, -0.2) is 0 Å². The topological polar surface area (TPSA) is 41.1 Å². The van der Waals surface area contributed by atoms with Crippen molar-refractivity contribution < 1.29 is 4.79 Å². The number of rotatable bonds is 4. The summed E-state index contributed by atoms with van der Waals surface area (Å²) >= 11 is 3.45. The van der Waals surface area contributed by atoms with Gasteiger partial charge in [0.05, 0.1) is 0 Å². The molecule has 1 aromatic rings. The molecule has 0 spiro atoms. The van der Waals surface area contributed by atoms with Crippen LogP contribution in [0.5, 0.6) is 0 Å². The van der Waals surface area contributed by atoms with Gasteiger partial charge in [-0.2, -0.15) is 0 Å². The zero-order chi connectivity index (χ0) is 11.3. The van der Waals surface area contributed by atoms with E-state index in [-0.39, 0.29) is 11.9 Å². The van der Waals surface area contributed by atoms with E-state index in [9.17, 15) is 4.79 Å². The van der Waals surface area contributed by atoms with E-state index in [1.165, 1.54) is 0 Å². The minimum Gasteiger partial charge on any atom is -0.381 e. The predicted molar refractivity (Wildman–Crippen MR) is 65.9 cm³/mol. The molecule has 3 nitrogen and oxygen atoms in total. The SMILES string of the molecule is CNC(=O)CC(C)Nc1ccccc1Br. The first-order chi connectivity index (χ1) is 7.13. The molecule has 1 amide bonds. The van der Waals surface area contributed by atoms with Gasteiger partial charge in [0.25, 0.3) is 0 Å². The van der Waals surface area contributed by atoms with Crippen molar-refractivity contribution in [2.24, 2.45) is 0 Å². The molecule has 0 aliphatic carbocycles. The molecule has 1 rings (SSSR count). The van der Waals surface area contributed by atoms with Gasteiger partial charge in [-0.15, -0.1) is 0 Å². The fourth-order valence-electron chi connectivity index (χ4n) is 1.27. The minimum absolute atomic E-state index is 0.0436. The van der Waals surface area contributed by atoms with E-state index in [4.69, 9.17) is 0 Å². The molecule has 1 aromatic carbocycles. The summed E-state index contributed by atoms with van der Waals surface area (Å²) in [6.45, 7) is 1.98. The van der Waals surface area contributed by atoms with Crippen LogP contribution in [0.3, 0.4) is 0 Å². The molecule has 4 heteroatoms. The summed E-state index contributed by atoms with van der Waals surface area (Å²) in [4.78, 5) is 11.1. The highest BCUT2D eigenvalue weighted by atomic mass is 79.9. The first-order valence-electron chi connectivity index (χ1n) is 4.85. The second kappa shape index (κ2) is 5.75. The summed E-state index contributed by atoms with van der Waals surface area (Å²) in [6.07, 6.45) is 0.470. The van der Waals surface area contributed by atoms with Gasteiger partial charge in [0, 0.05) is 29.7 Å². The number of amides is 1. The third kappa shape index (κ3) is 3.91. The maximum absolute atomic E-state index is 11.1. The fourth-order valence-corrected chi connectivity index (χ4v) is 1.67. The van der Waals surface area contributed by atoms with Crippen molar-refractivity contribution in [2.75, 3.05) is 12.4 Å². The maximum atomic E-state index is 11.1. The molecular formula is C11H15BrN2O. The van der Waals surface area contributed by atoms with E-state index in [1.807, 2.05) is 31.2 Å². The van der Waals surface area contributed by atoms with E-state index >= 15 is 0 Å². The number of carbonyl (C=O) groups excluding carboxylic acids is 1. The molecule has 15 heavy (non-hydrogen) atoms. The van der Waals surface area contributed by atoms with Crippen LogP contribution in [0, 0.1) is 0 Å². The molecule has 0 bridgehead atoms. The highest BCUT2D eigenvalue weighted by Crippen LogP contribution is 2.22. The Balaban J connectivity index is 2.55. The van der Waals surface area contributed by atoms with Crippen molar-refractivity contribution in [2.45, 2.75) is 19.4 Å². The van der Waals surface area contributed by atoms with Gasteiger partial charge in [-0.1, -0.05) is 12.1 Å². The molecule has 0 saturated heterocycles. The van der Waals surface area contributed by atoms with Gasteiger partial charge in [0.2, 0.25) is 5.91 Å². The summed E-state index contributed by atoms with van der Waals surface area (Å²) < 4.78 is 1.01. The number of benzene rings is 1. The zero-order valence-electron chi connectivity index (χ0n) is 8.88. The van der Waals surface area contributed by atoms with Crippen LogP contribution in [0.15, 0.2) is 28.7 Å². The molecule has 0 aliphatic rings. The second-order valence-corrected chi connectivity index (χ2v) is 4.26. The lowest BCUT2D eigenvalue weighted by Crippen LogP contribution is -2.26. The summed E-state index contributed by atoms with van der Waals surface area (Å²) in [6, 6.07) is 7.97. The lowest BCUT2D eigenvalue weighted by molar-refractivity contribution is -0.120. The Hall–Kier alpha value is -1.03. The van der Waals surface area contributed by atoms with Crippen molar-refractivity contribution in [1.29, 1.82) is 0 Å². The smallest absolute Gasteiger partial charge is 0.221 e. The Morgan fingerprint density at radius 2 is 2.13 bits per heavy atom. The molecular weight excluding hydrogens is 256 g/mol. The third-order valence-electron chi connectivity index (χ3n) is 2.05. The average Bonchev–Trinajstić information content (AvgIpc) is 2.21. The number of hydrogen-bond acceptors (Lipinski definition) is 2. The number of carbonyl (C=O) groups is 1.